The van der Waals surface area contributed by atoms with Crippen molar-refractivity contribution in [1.82, 2.24) is 25.1 Å². The Morgan fingerprint density at radius 3 is 2.44 bits per heavy atom. The Labute approximate surface area is 261 Å². The lowest BCUT2D eigenvalue weighted by Gasteiger charge is -2.24. The van der Waals surface area contributed by atoms with E-state index < -0.39 is 29.4 Å². The molecule has 1 amide bonds. The maximum atomic E-state index is 12.7. The number of benzene rings is 2. The number of hydrogen-bond donors (Lipinski definition) is 3. The first-order valence-corrected chi connectivity index (χ1v) is 14.7. The summed E-state index contributed by atoms with van der Waals surface area (Å²) in [5, 5.41) is 19.0. The molecule has 0 aliphatic rings. The Bertz CT molecular complexity index is 1860. The topological polar surface area (TPSA) is 141 Å². The molecule has 0 fully saturated rings. The average Bonchev–Trinajstić information content (AvgIpc) is 3.49. The Kier molecular flexibility index (Phi) is 8.46. The monoisotopic (exact) mass is 613 g/mol. The van der Waals surface area contributed by atoms with Crippen molar-refractivity contribution in [3.05, 3.63) is 72.3 Å². The van der Waals surface area contributed by atoms with Gasteiger partial charge in [0.1, 0.15) is 29.3 Å². The van der Waals surface area contributed by atoms with Crippen molar-refractivity contribution in [1.29, 1.82) is 0 Å². The van der Waals surface area contributed by atoms with Gasteiger partial charge in [0.05, 0.1) is 23.4 Å². The van der Waals surface area contributed by atoms with Gasteiger partial charge in [0.25, 0.3) is 0 Å². The van der Waals surface area contributed by atoms with Crippen molar-refractivity contribution in [2.24, 2.45) is 0 Å². The maximum absolute atomic E-state index is 12.7. The molecule has 0 aliphatic heterocycles. The molecule has 5 aromatic rings. The van der Waals surface area contributed by atoms with Gasteiger partial charge in [-0.2, -0.15) is 9.78 Å². The first-order chi connectivity index (χ1) is 21.1. The van der Waals surface area contributed by atoms with Crippen molar-refractivity contribution in [3.8, 4) is 22.6 Å². The van der Waals surface area contributed by atoms with Gasteiger partial charge < -0.3 is 29.6 Å². The fourth-order valence-electron chi connectivity index (χ4n) is 4.97. The summed E-state index contributed by atoms with van der Waals surface area (Å²) < 4.78 is 18.5. The predicted molar refractivity (Wildman–Crippen MR) is 172 cm³/mol. The molecule has 11 nitrogen and oxygen atoms in total. The molecule has 0 bridgehead atoms. The number of carbonyl (C=O) groups excluding carboxylic acids is 2. The minimum absolute atomic E-state index is 0.136. The minimum atomic E-state index is -0.664. The molecule has 0 spiro atoms. The molecular formula is C34H39N5O6. The van der Waals surface area contributed by atoms with Crippen molar-refractivity contribution in [2.45, 2.75) is 72.1 Å². The number of alkyl carbamates (subject to hydrolysis) is 1. The molecule has 11 heteroatoms. The Morgan fingerprint density at radius 1 is 0.956 bits per heavy atom. The smallest absolute Gasteiger partial charge is 0.435 e. The van der Waals surface area contributed by atoms with E-state index in [-0.39, 0.29) is 12.4 Å². The molecule has 3 heterocycles. The number of fused-ring (bicyclic) bond motifs is 2. The standard InChI is InChI=1S/C34H39N5O6/c1-20-27-14-21(8-11-30(27)39(38-20)32(42)45-34(5,6)7)22-13-26(18-35-16-22)43-19-24(37-31(41)44-33(2,3)4)12-23-17-36-29-10-9-25(40)15-28(23)29/h8-11,13-18,24,36,40H,12,19H2,1-7H3,(H,37,41). The van der Waals surface area contributed by atoms with E-state index in [1.807, 2.05) is 58.2 Å². The number of aromatic hydroxyl groups is 1. The normalized spacial score (nSPS) is 12.7. The first-order valence-electron chi connectivity index (χ1n) is 14.7. The number of aromatic nitrogens is 4. The Balaban J connectivity index is 1.36. The van der Waals surface area contributed by atoms with Gasteiger partial charge in [0.2, 0.25) is 0 Å². The molecule has 1 unspecified atom stereocenters. The molecule has 0 radical (unpaired) electrons. The number of carbonyl (C=O) groups is 2. The van der Waals surface area contributed by atoms with Crippen molar-refractivity contribution < 1.29 is 28.9 Å². The van der Waals surface area contributed by atoms with E-state index >= 15 is 0 Å². The molecule has 2 aromatic carbocycles. The second-order valence-electron chi connectivity index (χ2n) is 13.0. The number of phenolic OH excluding ortho intramolecular Hbond substituents is 1. The molecule has 3 aromatic heterocycles. The van der Waals surface area contributed by atoms with E-state index in [0.29, 0.717) is 23.4 Å². The number of amides is 1. The number of pyridine rings is 1. The van der Waals surface area contributed by atoms with E-state index in [1.165, 1.54) is 4.68 Å². The van der Waals surface area contributed by atoms with Crippen LogP contribution in [0.2, 0.25) is 0 Å². The van der Waals surface area contributed by atoms with Gasteiger partial charge >= 0.3 is 12.2 Å². The summed E-state index contributed by atoms with van der Waals surface area (Å²) in [7, 11) is 0. The van der Waals surface area contributed by atoms with E-state index in [0.717, 1.165) is 33.0 Å². The van der Waals surface area contributed by atoms with Crippen LogP contribution in [0.4, 0.5) is 9.59 Å². The van der Waals surface area contributed by atoms with Gasteiger partial charge in [-0.25, -0.2) is 9.59 Å². The highest BCUT2D eigenvalue weighted by atomic mass is 16.6. The van der Waals surface area contributed by atoms with E-state index in [1.54, 1.807) is 51.4 Å². The molecule has 0 aliphatic carbocycles. The van der Waals surface area contributed by atoms with Crippen molar-refractivity contribution in [2.75, 3.05) is 6.61 Å². The van der Waals surface area contributed by atoms with Crippen molar-refractivity contribution >= 4 is 34.0 Å². The molecular weight excluding hydrogens is 574 g/mol. The second-order valence-corrected chi connectivity index (χ2v) is 13.0. The highest BCUT2D eigenvalue weighted by Gasteiger charge is 2.23. The molecule has 5 rings (SSSR count). The Morgan fingerprint density at radius 2 is 1.71 bits per heavy atom. The van der Waals surface area contributed by atoms with Gasteiger partial charge in [-0.15, -0.1) is 0 Å². The summed E-state index contributed by atoms with van der Waals surface area (Å²) in [5.41, 5.74) is 3.50. The average molecular weight is 614 g/mol. The van der Waals surface area contributed by atoms with Gasteiger partial charge in [-0.05, 0) is 102 Å². The number of nitrogens with zero attached hydrogens (tertiary/aromatic N) is 3. The second kappa shape index (κ2) is 12.1. The van der Waals surface area contributed by atoms with Crippen LogP contribution in [-0.4, -0.2) is 60.9 Å². The van der Waals surface area contributed by atoms with Crippen LogP contribution in [0, 0.1) is 6.92 Å². The zero-order valence-electron chi connectivity index (χ0n) is 26.6. The minimum Gasteiger partial charge on any atom is -0.508 e. The molecule has 1 atom stereocenters. The summed E-state index contributed by atoms with van der Waals surface area (Å²) in [4.78, 5) is 33.1. The van der Waals surface area contributed by atoms with Crippen LogP contribution in [0.5, 0.6) is 11.5 Å². The lowest BCUT2D eigenvalue weighted by atomic mass is 10.0. The first kappa shape index (κ1) is 31.4. The number of nitrogens with one attached hydrogen (secondary N) is 2. The zero-order chi connectivity index (χ0) is 32.5. The van der Waals surface area contributed by atoms with Crippen LogP contribution in [0.25, 0.3) is 32.9 Å². The number of phenols is 1. The van der Waals surface area contributed by atoms with E-state index in [4.69, 9.17) is 14.2 Å². The van der Waals surface area contributed by atoms with Gasteiger partial charge in [0.15, 0.2) is 0 Å². The summed E-state index contributed by atoms with van der Waals surface area (Å²) in [6.45, 7) is 12.8. The highest BCUT2D eigenvalue weighted by Crippen LogP contribution is 2.29. The number of hydrogen-bond acceptors (Lipinski definition) is 8. The number of rotatable bonds is 7. The quantitative estimate of drug-likeness (QED) is 0.180. The fourth-order valence-corrected chi connectivity index (χ4v) is 4.97. The molecule has 236 valence electrons. The lowest BCUT2D eigenvalue weighted by molar-refractivity contribution is 0.0484. The summed E-state index contributed by atoms with van der Waals surface area (Å²) in [5.74, 6) is 0.672. The summed E-state index contributed by atoms with van der Waals surface area (Å²) >= 11 is 0. The molecule has 45 heavy (non-hydrogen) atoms. The Hall–Kier alpha value is -5.06. The van der Waals surface area contributed by atoms with Crippen LogP contribution in [0.3, 0.4) is 0 Å². The van der Waals surface area contributed by atoms with E-state index in [2.05, 4.69) is 20.4 Å². The van der Waals surface area contributed by atoms with Crippen LogP contribution < -0.4 is 10.1 Å². The number of H-pyrrole nitrogens is 1. The van der Waals surface area contributed by atoms with Gasteiger partial charge in [-0.1, -0.05) is 6.07 Å². The molecule has 0 saturated carbocycles. The third kappa shape index (κ3) is 7.72. The van der Waals surface area contributed by atoms with E-state index in [9.17, 15) is 14.7 Å². The zero-order valence-corrected chi connectivity index (χ0v) is 26.6. The maximum Gasteiger partial charge on any atom is 0.435 e. The summed E-state index contributed by atoms with van der Waals surface area (Å²) in [6, 6.07) is 12.2. The third-order valence-electron chi connectivity index (χ3n) is 6.87. The van der Waals surface area contributed by atoms with Crippen LogP contribution >= 0.6 is 0 Å². The molecule has 0 saturated heterocycles. The van der Waals surface area contributed by atoms with Crippen molar-refractivity contribution in [3.63, 3.8) is 0 Å². The highest BCUT2D eigenvalue weighted by molar-refractivity contribution is 5.92. The largest absolute Gasteiger partial charge is 0.508 e. The SMILES string of the molecule is Cc1nn(C(=O)OC(C)(C)C)c2ccc(-c3cncc(OCC(Cc4c[nH]c5ccc(O)cc45)NC(=O)OC(C)(C)C)c3)cc12. The lowest BCUT2D eigenvalue weighted by Crippen LogP contribution is -2.43. The van der Waals surface area contributed by atoms with Gasteiger partial charge in [0, 0.05) is 34.2 Å². The molecule has 3 N–H and O–H groups in total. The number of ether oxygens (including phenoxy) is 3. The van der Waals surface area contributed by atoms with Crippen LogP contribution in [-0.2, 0) is 15.9 Å². The third-order valence-corrected chi connectivity index (χ3v) is 6.87. The van der Waals surface area contributed by atoms with Gasteiger partial charge in [-0.3, -0.25) is 4.98 Å². The number of aryl methyl sites for hydroxylation is 1. The predicted octanol–water partition coefficient (Wildman–Crippen LogP) is 6.89. The summed E-state index contributed by atoms with van der Waals surface area (Å²) in [6.07, 6.45) is 4.54. The van der Waals surface area contributed by atoms with Crippen LogP contribution in [0.15, 0.2) is 61.1 Å². The van der Waals surface area contributed by atoms with Crippen LogP contribution in [0.1, 0.15) is 52.8 Å². The fraction of sp³-hybridized carbons (Fsp3) is 0.353. The number of aromatic amines is 1.